The van der Waals surface area contributed by atoms with E-state index in [1.54, 1.807) is 0 Å². The Labute approximate surface area is 549 Å². The van der Waals surface area contributed by atoms with Crippen LogP contribution in [0.1, 0.15) is 369 Å². The topological polar surface area (TPSA) is 237 Å². The van der Waals surface area contributed by atoms with Gasteiger partial charge in [0.2, 0.25) is 0 Å². The van der Waals surface area contributed by atoms with Crippen LogP contribution in [0.4, 0.5) is 0 Å². The molecule has 0 aromatic heterocycles. The van der Waals surface area contributed by atoms with Crippen LogP contribution in [0, 0.1) is 5.92 Å². The summed E-state index contributed by atoms with van der Waals surface area (Å²) in [5.41, 5.74) is 0. The Morgan fingerprint density at radius 2 is 0.511 bits per heavy atom. The van der Waals surface area contributed by atoms with Crippen molar-refractivity contribution in [1.29, 1.82) is 0 Å². The Morgan fingerprint density at radius 1 is 0.300 bits per heavy atom. The van der Waals surface area contributed by atoms with E-state index in [-0.39, 0.29) is 25.7 Å². The summed E-state index contributed by atoms with van der Waals surface area (Å²) in [5, 5.41) is 10.6. The van der Waals surface area contributed by atoms with Gasteiger partial charge in [-0.25, -0.2) is 9.13 Å². The maximum absolute atomic E-state index is 13.0. The highest BCUT2D eigenvalue weighted by molar-refractivity contribution is 7.47. The third-order valence-electron chi connectivity index (χ3n) is 16.5. The minimum Gasteiger partial charge on any atom is -0.462 e. The summed E-state index contributed by atoms with van der Waals surface area (Å²) in [7, 11) is -9.89. The Kier molecular flexibility index (Phi) is 63.0. The van der Waals surface area contributed by atoms with Gasteiger partial charge in [0, 0.05) is 25.7 Å². The summed E-state index contributed by atoms with van der Waals surface area (Å²) >= 11 is 0. The molecule has 0 bridgehead atoms. The monoisotopic (exact) mass is 1320 g/mol. The molecule has 0 saturated heterocycles. The molecule has 19 heteroatoms. The summed E-state index contributed by atoms with van der Waals surface area (Å²) in [6.07, 6.45) is 51.7. The van der Waals surface area contributed by atoms with Gasteiger partial charge < -0.3 is 33.8 Å². The standard InChI is InChI=1S/C71H138O17P2/c1-6-9-12-15-18-20-21-22-23-24-25-26-27-28-29-30-31-32-36-42-47-52-57-71(76)88-67(61-82-69(74)55-50-45-40-37-33-35-39-43-48-53-64(4)5)63-86-90(79,80)84-59-65(72)58-83-89(77,78)85-62-66(60-81-68(73)54-49-44-38-17-14-11-8-3)87-70(75)56-51-46-41-34-19-16-13-10-7-2/h64-67,72H,6-63H2,1-5H3,(H,77,78)(H,79,80)/t65-,66+,67+/m0/s1. The molecule has 534 valence electrons. The minimum atomic E-state index is -4.95. The predicted molar refractivity (Wildman–Crippen MR) is 363 cm³/mol. The average molecular weight is 1330 g/mol. The molecule has 0 radical (unpaired) electrons. The van der Waals surface area contributed by atoms with E-state index in [0.29, 0.717) is 25.7 Å². The van der Waals surface area contributed by atoms with E-state index in [1.807, 2.05) is 0 Å². The third kappa shape index (κ3) is 64.8. The van der Waals surface area contributed by atoms with Crippen molar-refractivity contribution in [3.63, 3.8) is 0 Å². The van der Waals surface area contributed by atoms with E-state index in [0.717, 1.165) is 109 Å². The Hall–Kier alpha value is -1.94. The zero-order valence-electron chi connectivity index (χ0n) is 58.3. The van der Waals surface area contributed by atoms with Gasteiger partial charge in [0.05, 0.1) is 26.4 Å². The second kappa shape index (κ2) is 64.4. The Morgan fingerprint density at radius 3 is 0.756 bits per heavy atom. The van der Waals surface area contributed by atoms with Gasteiger partial charge in [0.1, 0.15) is 19.3 Å². The smallest absolute Gasteiger partial charge is 0.462 e. The molecule has 0 fully saturated rings. The van der Waals surface area contributed by atoms with E-state index >= 15 is 0 Å². The molecule has 17 nitrogen and oxygen atoms in total. The van der Waals surface area contributed by atoms with E-state index in [2.05, 4.69) is 34.6 Å². The van der Waals surface area contributed by atoms with Crippen LogP contribution in [-0.2, 0) is 65.4 Å². The highest BCUT2D eigenvalue weighted by Crippen LogP contribution is 2.45. The average Bonchev–Trinajstić information content (AvgIpc) is 3.63. The lowest BCUT2D eigenvalue weighted by atomic mass is 10.0. The van der Waals surface area contributed by atoms with Gasteiger partial charge in [0.15, 0.2) is 12.2 Å². The number of carbonyl (C=O) groups is 4. The number of aliphatic hydroxyl groups is 1. The van der Waals surface area contributed by atoms with E-state index < -0.39 is 97.5 Å². The molecule has 3 N–H and O–H groups in total. The fraction of sp³-hybridized carbons (Fsp3) is 0.944. The number of ether oxygens (including phenoxy) is 4. The number of hydrogen-bond acceptors (Lipinski definition) is 15. The summed E-state index contributed by atoms with van der Waals surface area (Å²) in [5.74, 6) is -1.39. The van der Waals surface area contributed by atoms with Crippen molar-refractivity contribution in [3.8, 4) is 0 Å². The van der Waals surface area contributed by atoms with Crippen LogP contribution in [0.25, 0.3) is 0 Å². The van der Waals surface area contributed by atoms with Gasteiger partial charge in [0.25, 0.3) is 0 Å². The van der Waals surface area contributed by atoms with Crippen LogP contribution in [0.15, 0.2) is 0 Å². The molecule has 0 aliphatic rings. The molecule has 0 rings (SSSR count). The van der Waals surface area contributed by atoms with Crippen molar-refractivity contribution in [1.82, 2.24) is 0 Å². The molecule has 0 amide bonds. The number of hydrogen-bond donors (Lipinski definition) is 3. The van der Waals surface area contributed by atoms with Crippen LogP contribution in [0.5, 0.6) is 0 Å². The summed E-state index contributed by atoms with van der Waals surface area (Å²) in [4.78, 5) is 72.3. The molecule has 5 atom stereocenters. The molecule has 0 saturated carbocycles. The van der Waals surface area contributed by atoms with Gasteiger partial charge in [-0.2, -0.15) is 0 Å². The van der Waals surface area contributed by atoms with Gasteiger partial charge in [-0.05, 0) is 31.6 Å². The number of carbonyl (C=O) groups excluding carboxylic acids is 4. The van der Waals surface area contributed by atoms with Crippen molar-refractivity contribution < 1.29 is 80.2 Å². The molecule has 0 heterocycles. The summed E-state index contributed by atoms with van der Waals surface area (Å²) in [6, 6.07) is 0. The van der Waals surface area contributed by atoms with Crippen molar-refractivity contribution in [2.75, 3.05) is 39.6 Å². The summed E-state index contributed by atoms with van der Waals surface area (Å²) < 4.78 is 68.1. The maximum atomic E-state index is 13.0. The van der Waals surface area contributed by atoms with Gasteiger partial charge in [-0.15, -0.1) is 0 Å². The quantitative estimate of drug-likeness (QED) is 0.0222. The van der Waals surface area contributed by atoms with Crippen LogP contribution in [-0.4, -0.2) is 96.7 Å². The Bertz CT molecular complexity index is 1740. The zero-order chi connectivity index (χ0) is 66.3. The second-order valence-corrected chi connectivity index (χ2v) is 29.0. The van der Waals surface area contributed by atoms with Crippen LogP contribution in [0.3, 0.4) is 0 Å². The Balaban J connectivity index is 5.11. The van der Waals surface area contributed by atoms with E-state index in [1.165, 1.54) is 180 Å². The SMILES string of the molecule is CCCCCCCCCCCCCCCCCCCCCCCCC(=O)O[C@H](COC(=O)CCCCCCCCCCCC(C)C)COP(=O)(O)OC[C@@H](O)COP(=O)(O)OC[C@@H](COC(=O)CCCCCCCCC)OC(=O)CCCCCCCCCCC. The third-order valence-corrected chi connectivity index (χ3v) is 18.4. The largest absolute Gasteiger partial charge is 0.472 e. The first-order valence-electron chi connectivity index (χ1n) is 37.1. The molecular weight excluding hydrogens is 1190 g/mol. The number of rotatable bonds is 71. The number of esters is 4. The maximum Gasteiger partial charge on any atom is 0.472 e. The highest BCUT2D eigenvalue weighted by atomic mass is 31.2. The van der Waals surface area contributed by atoms with Gasteiger partial charge in [-0.3, -0.25) is 37.3 Å². The van der Waals surface area contributed by atoms with E-state index in [4.69, 9.17) is 37.0 Å². The molecule has 0 aliphatic heterocycles. The molecule has 0 aromatic rings. The molecule has 2 unspecified atom stereocenters. The van der Waals surface area contributed by atoms with Crippen molar-refractivity contribution in [2.45, 2.75) is 387 Å². The second-order valence-electron chi connectivity index (χ2n) is 26.1. The number of phosphoric acid groups is 2. The first-order valence-corrected chi connectivity index (χ1v) is 40.1. The van der Waals surface area contributed by atoms with Gasteiger partial charge in [-0.1, -0.05) is 317 Å². The molecule has 0 aliphatic carbocycles. The molecular formula is C71H138O17P2. The van der Waals surface area contributed by atoms with Crippen LogP contribution < -0.4 is 0 Å². The van der Waals surface area contributed by atoms with Crippen LogP contribution >= 0.6 is 15.6 Å². The fourth-order valence-corrected chi connectivity index (χ4v) is 12.4. The first kappa shape index (κ1) is 88.1. The lowest BCUT2D eigenvalue weighted by molar-refractivity contribution is -0.161. The van der Waals surface area contributed by atoms with Crippen molar-refractivity contribution in [2.24, 2.45) is 5.92 Å². The number of phosphoric ester groups is 2. The lowest BCUT2D eigenvalue weighted by Crippen LogP contribution is -2.30. The van der Waals surface area contributed by atoms with E-state index in [9.17, 15) is 43.2 Å². The van der Waals surface area contributed by atoms with Crippen LogP contribution in [0.2, 0.25) is 0 Å². The van der Waals surface area contributed by atoms with Gasteiger partial charge >= 0.3 is 39.5 Å². The normalized spacial score (nSPS) is 14.1. The molecule has 0 aromatic carbocycles. The predicted octanol–water partition coefficient (Wildman–Crippen LogP) is 20.5. The summed E-state index contributed by atoms with van der Waals surface area (Å²) in [6.45, 7) is 7.17. The fourth-order valence-electron chi connectivity index (χ4n) is 10.8. The number of unbranched alkanes of at least 4 members (excludes halogenated alkanes) is 43. The lowest BCUT2D eigenvalue weighted by Gasteiger charge is -2.21. The first-order chi connectivity index (χ1) is 43.5. The van der Waals surface area contributed by atoms with Crippen molar-refractivity contribution in [3.05, 3.63) is 0 Å². The minimum absolute atomic E-state index is 0.106. The number of aliphatic hydroxyl groups excluding tert-OH is 1. The van der Waals surface area contributed by atoms with Crippen molar-refractivity contribution >= 4 is 39.5 Å². The highest BCUT2D eigenvalue weighted by Gasteiger charge is 2.30. The molecule has 0 spiro atoms. The molecule has 90 heavy (non-hydrogen) atoms. The zero-order valence-corrected chi connectivity index (χ0v) is 60.1.